The molecular weight excluding hydrogens is 456 g/mol. The molecule has 29 heavy (non-hydrogen) atoms. The molecule has 1 aliphatic carbocycles. The van der Waals surface area contributed by atoms with Gasteiger partial charge in [-0.1, -0.05) is 28.9 Å². The van der Waals surface area contributed by atoms with Gasteiger partial charge >= 0.3 is 0 Å². The number of hydrogen-bond donors (Lipinski definition) is 0. The van der Waals surface area contributed by atoms with Crippen LogP contribution in [0.5, 0.6) is 0 Å². The van der Waals surface area contributed by atoms with E-state index < -0.39 is 10.0 Å². The fourth-order valence-electron chi connectivity index (χ4n) is 3.56. The molecule has 2 heterocycles. The fourth-order valence-corrected chi connectivity index (χ4v) is 5.58. The Morgan fingerprint density at radius 2 is 1.90 bits per heavy atom. The highest BCUT2D eigenvalue weighted by atomic mass is 79.9. The molecule has 2 atom stereocenters. The van der Waals surface area contributed by atoms with E-state index in [0.29, 0.717) is 30.7 Å². The standard InChI is InChI=1S/C21H23BrN2O4S/c1-15-13-19(15)20-7-5-17(28-20)6-8-21(25)23-9-11-24(12-10-23)29(26,27)18-4-2-3-16(22)14-18/h2-8,14-15,19H,9-13H2,1H3/b8-6+. The number of furan rings is 1. The lowest BCUT2D eigenvalue weighted by molar-refractivity contribution is -0.127. The molecule has 1 aliphatic heterocycles. The van der Waals surface area contributed by atoms with Crippen LogP contribution in [0.15, 0.2) is 56.3 Å². The highest BCUT2D eigenvalue weighted by Gasteiger charge is 2.36. The van der Waals surface area contributed by atoms with Gasteiger partial charge in [0.25, 0.3) is 0 Å². The normalized spacial score (nSPS) is 22.9. The van der Waals surface area contributed by atoms with Crippen LogP contribution in [0.25, 0.3) is 6.08 Å². The number of halogens is 1. The lowest BCUT2D eigenvalue weighted by Crippen LogP contribution is -2.50. The number of amides is 1. The van der Waals surface area contributed by atoms with Crippen LogP contribution in [-0.4, -0.2) is 49.7 Å². The Hall–Kier alpha value is -1.90. The van der Waals surface area contributed by atoms with Crippen LogP contribution in [0.4, 0.5) is 0 Å². The van der Waals surface area contributed by atoms with E-state index in [9.17, 15) is 13.2 Å². The molecule has 1 aromatic heterocycles. The Balaban J connectivity index is 1.34. The van der Waals surface area contributed by atoms with Crippen molar-refractivity contribution in [2.24, 2.45) is 5.92 Å². The third-order valence-corrected chi connectivity index (χ3v) is 7.88. The molecule has 1 saturated heterocycles. The number of rotatable bonds is 5. The maximum atomic E-state index is 12.8. The van der Waals surface area contributed by atoms with Crippen LogP contribution >= 0.6 is 15.9 Å². The van der Waals surface area contributed by atoms with Crippen LogP contribution in [0.1, 0.15) is 30.8 Å². The van der Waals surface area contributed by atoms with Crippen LogP contribution in [0.2, 0.25) is 0 Å². The van der Waals surface area contributed by atoms with Crippen molar-refractivity contribution < 1.29 is 17.6 Å². The van der Waals surface area contributed by atoms with Crippen LogP contribution in [0, 0.1) is 5.92 Å². The van der Waals surface area contributed by atoms with E-state index in [1.54, 1.807) is 35.2 Å². The zero-order valence-corrected chi connectivity index (χ0v) is 18.5. The molecule has 8 heteroatoms. The van der Waals surface area contributed by atoms with Crippen molar-refractivity contribution in [2.45, 2.75) is 24.2 Å². The molecular formula is C21H23BrN2O4S. The summed E-state index contributed by atoms with van der Waals surface area (Å²) < 4.78 is 33.5. The summed E-state index contributed by atoms with van der Waals surface area (Å²) in [5.41, 5.74) is 0. The first-order chi connectivity index (χ1) is 13.8. The molecule has 0 bridgehead atoms. The largest absolute Gasteiger partial charge is 0.461 e. The van der Waals surface area contributed by atoms with E-state index in [2.05, 4.69) is 22.9 Å². The molecule has 4 rings (SSSR count). The van der Waals surface area contributed by atoms with Crippen molar-refractivity contribution in [3.8, 4) is 0 Å². The Bertz CT molecular complexity index is 1040. The number of sulfonamides is 1. The quantitative estimate of drug-likeness (QED) is 0.614. The molecule has 1 saturated carbocycles. The van der Waals surface area contributed by atoms with Gasteiger partial charge in [-0.05, 0) is 48.7 Å². The highest BCUT2D eigenvalue weighted by molar-refractivity contribution is 9.10. The summed E-state index contributed by atoms with van der Waals surface area (Å²) in [6, 6.07) is 10.5. The highest BCUT2D eigenvalue weighted by Crippen LogP contribution is 2.47. The third-order valence-electron chi connectivity index (χ3n) is 5.50. The molecule has 1 aromatic carbocycles. The first-order valence-electron chi connectivity index (χ1n) is 9.67. The molecule has 1 amide bonds. The minimum atomic E-state index is -3.56. The van der Waals surface area contributed by atoms with Gasteiger partial charge in [-0.15, -0.1) is 0 Å². The Morgan fingerprint density at radius 1 is 1.17 bits per heavy atom. The molecule has 0 N–H and O–H groups in total. The molecule has 6 nitrogen and oxygen atoms in total. The van der Waals surface area contributed by atoms with Crippen molar-refractivity contribution in [3.05, 3.63) is 58.5 Å². The lowest BCUT2D eigenvalue weighted by Gasteiger charge is -2.33. The second-order valence-corrected chi connectivity index (χ2v) is 10.4. The average Bonchev–Trinajstić information content (AvgIpc) is 3.25. The van der Waals surface area contributed by atoms with Crippen LogP contribution < -0.4 is 0 Å². The molecule has 0 spiro atoms. The zero-order valence-electron chi connectivity index (χ0n) is 16.1. The monoisotopic (exact) mass is 478 g/mol. The fraction of sp³-hybridized carbons (Fsp3) is 0.381. The van der Waals surface area contributed by atoms with E-state index >= 15 is 0 Å². The van der Waals surface area contributed by atoms with Crippen LogP contribution in [0.3, 0.4) is 0 Å². The Morgan fingerprint density at radius 3 is 2.55 bits per heavy atom. The maximum Gasteiger partial charge on any atom is 0.246 e. The van der Waals surface area contributed by atoms with Gasteiger partial charge in [0.15, 0.2) is 0 Å². The first-order valence-corrected chi connectivity index (χ1v) is 11.9. The van der Waals surface area contributed by atoms with Gasteiger partial charge < -0.3 is 9.32 Å². The van der Waals surface area contributed by atoms with E-state index in [4.69, 9.17) is 4.42 Å². The number of carbonyl (C=O) groups is 1. The van der Waals surface area contributed by atoms with E-state index in [1.807, 2.05) is 12.1 Å². The average molecular weight is 479 g/mol. The number of piperazine rings is 1. The summed E-state index contributed by atoms with van der Waals surface area (Å²) in [4.78, 5) is 14.4. The van der Waals surface area contributed by atoms with E-state index in [1.165, 1.54) is 10.4 Å². The van der Waals surface area contributed by atoms with Gasteiger partial charge in [-0.25, -0.2) is 8.42 Å². The van der Waals surface area contributed by atoms with Gasteiger partial charge in [-0.3, -0.25) is 4.79 Å². The Kier molecular flexibility index (Phi) is 5.68. The third kappa shape index (κ3) is 4.49. The van der Waals surface area contributed by atoms with Gasteiger partial charge in [0, 0.05) is 42.6 Å². The summed E-state index contributed by atoms with van der Waals surface area (Å²) in [5.74, 6) is 2.69. The van der Waals surface area contributed by atoms with Crippen molar-refractivity contribution in [2.75, 3.05) is 26.2 Å². The molecule has 2 unspecified atom stereocenters. The van der Waals surface area contributed by atoms with Gasteiger partial charge in [0.1, 0.15) is 11.5 Å². The second-order valence-electron chi connectivity index (χ2n) is 7.58. The lowest BCUT2D eigenvalue weighted by atomic mass is 10.3. The summed E-state index contributed by atoms with van der Waals surface area (Å²) in [7, 11) is -3.56. The predicted molar refractivity (Wildman–Crippen MR) is 114 cm³/mol. The second kappa shape index (κ2) is 8.08. The number of hydrogen-bond acceptors (Lipinski definition) is 4. The van der Waals surface area contributed by atoms with Crippen molar-refractivity contribution in [1.29, 1.82) is 0 Å². The molecule has 2 fully saturated rings. The zero-order chi connectivity index (χ0) is 20.6. The number of carbonyl (C=O) groups excluding carboxylic acids is 1. The van der Waals surface area contributed by atoms with Crippen molar-refractivity contribution in [1.82, 2.24) is 9.21 Å². The molecule has 2 aliphatic rings. The van der Waals surface area contributed by atoms with Gasteiger partial charge in [-0.2, -0.15) is 4.31 Å². The summed E-state index contributed by atoms with van der Waals surface area (Å²) in [5, 5.41) is 0. The van der Waals surface area contributed by atoms with Gasteiger partial charge in [0.05, 0.1) is 4.90 Å². The smallest absolute Gasteiger partial charge is 0.246 e. The number of nitrogens with zero attached hydrogens (tertiary/aromatic N) is 2. The maximum absolute atomic E-state index is 12.8. The minimum absolute atomic E-state index is 0.137. The summed E-state index contributed by atoms with van der Waals surface area (Å²) in [6.45, 7) is 3.47. The molecule has 2 aromatic rings. The molecule has 0 radical (unpaired) electrons. The predicted octanol–water partition coefficient (Wildman–Crippen LogP) is 3.71. The van der Waals surface area contributed by atoms with Crippen molar-refractivity contribution >= 4 is 37.9 Å². The van der Waals surface area contributed by atoms with Gasteiger partial charge in [0.2, 0.25) is 15.9 Å². The topological polar surface area (TPSA) is 70.8 Å². The van der Waals surface area contributed by atoms with E-state index in [-0.39, 0.29) is 23.9 Å². The number of benzene rings is 1. The first kappa shape index (κ1) is 20.4. The van der Waals surface area contributed by atoms with Crippen LogP contribution in [-0.2, 0) is 14.8 Å². The Labute approximate surface area is 179 Å². The molecule has 154 valence electrons. The summed E-state index contributed by atoms with van der Waals surface area (Å²) >= 11 is 3.31. The summed E-state index contributed by atoms with van der Waals surface area (Å²) in [6.07, 6.45) is 4.34. The van der Waals surface area contributed by atoms with Crippen molar-refractivity contribution in [3.63, 3.8) is 0 Å². The van der Waals surface area contributed by atoms with E-state index in [0.717, 1.165) is 16.7 Å². The minimum Gasteiger partial charge on any atom is -0.461 e. The SMILES string of the molecule is CC1CC1c1ccc(/C=C/C(=O)N2CCN(S(=O)(=O)c3cccc(Br)c3)CC2)o1.